The fourth-order valence-electron chi connectivity index (χ4n) is 2.63. The molecule has 1 aromatic carbocycles. The highest BCUT2D eigenvalue weighted by atomic mass is 35.5. The van der Waals surface area contributed by atoms with Gasteiger partial charge >= 0.3 is 0 Å². The maximum absolute atomic E-state index is 13.3. The van der Waals surface area contributed by atoms with Crippen LogP contribution in [0.2, 0.25) is 5.02 Å². The molecule has 0 aliphatic carbocycles. The molecule has 146 valence electrons. The number of halogens is 2. The summed E-state index contributed by atoms with van der Waals surface area (Å²) in [5.74, 6) is -0.268. The number of morpholine rings is 1. The number of carbonyl (C=O) groups is 1. The molecule has 1 aliphatic heterocycles. The average Bonchev–Trinajstić information content (AvgIpc) is 3.07. The Morgan fingerprint density at radius 1 is 1.52 bits per heavy atom. The maximum atomic E-state index is 13.3. The fraction of sp³-hybridized carbons (Fsp3) is 0.438. The number of hydrogen-bond acceptors (Lipinski definition) is 8. The third-order valence-corrected chi connectivity index (χ3v) is 6.06. The van der Waals surface area contributed by atoms with E-state index in [1.807, 2.05) is 0 Å². The van der Waals surface area contributed by atoms with Gasteiger partial charge in [0.15, 0.2) is 4.34 Å². The monoisotopic (exact) mass is 431 g/mol. The van der Waals surface area contributed by atoms with Crippen LogP contribution >= 0.6 is 34.7 Å². The minimum absolute atomic E-state index is 0.0965. The van der Waals surface area contributed by atoms with Gasteiger partial charge in [-0.05, 0) is 17.7 Å². The number of nitrogens with two attached hydrogens (primary N) is 1. The Hall–Kier alpha value is -1.46. The van der Waals surface area contributed by atoms with Crippen LogP contribution < -0.4 is 11.1 Å². The standard InChI is InChI=1S/C16H19ClFN5O2S2/c17-12-5-10(1-2-13(12)18)7-23-3-4-25-11(8-23)6-20-14(24)9-26-16-22-21-15(19)27-16/h1-2,5,11H,3-4,6-9H2,(H2,19,21)(H,20,24)/t11-/m0/s1. The molecule has 1 fully saturated rings. The number of nitrogens with zero attached hydrogens (tertiary/aromatic N) is 3. The molecule has 2 aromatic rings. The summed E-state index contributed by atoms with van der Waals surface area (Å²) in [6.07, 6.45) is -0.0965. The molecule has 0 bridgehead atoms. The number of hydrogen-bond donors (Lipinski definition) is 2. The number of ether oxygens (including phenoxy) is 1. The lowest BCUT2D eigenvalue weighted by molar-refractivity contribution is -0.119. The lowest BCUT2D eigenvalue weighted by atomic mass is 10.2. The predicted octanol–water partition coefficient (Wildman–Crippen LogP) is 2.02. The van der Waals surface area contributed by atoms with Crippen molar-refractivity contribution in [1.82, 2.24) is 20.4 Å². The first-order chi connectivity index (χ1) is 13.0. The minimum Gasteiger partial charge on any atom is -0.374 e. The summed E-state index contributed by atoms with van der Waals surface area (Å²) in [6, 6.07) is 4.74. The number of aromatic nitrogens is 2. The minimum atomic E-state index is -0.419. The number of benzene rings is 1. The van der Waals surface area contributed by atoms with E-state index in [9.17, 15) is 9.18 Å². The van der Waals surface area contributed by atoms with Gasteiger partial charge in [-0.15, -0.1) is 10.2 Å². The van der Waals surface area contributed by atoms with Crippen molar-refractivity contribution in [2.75, 3.05) is 37.7 Å². The van der Waals surface area contributed by atoms with Crippen molar-refractivity contribution in [3.63, 3.8) is 0 Å². The van der Waals surface area contributed by atoms with Crippen molar-refractivity contribution in [3.05, 3.63) is 34.6 Å². The van der Waals surface area contributed by atoms with Crippen LogP contribution in [0.5, 0.6) is 0 Å². The van der Waals surface area contributed by atoms with Crippen LogP contribution in [-0.4, -0.2) is 59.1 Å². The third kappa shape index (κ3) is 6.28. The molecule has 1 aromatic heterocycles. The second kappa shape index (κ2) is 9.65. The number of thioether (sulfide) groups is 1. The molecule has 1 aliphatic rings. The SMILES string of the molecule is Nc1nnc(SCC(=O)NC[C@H]2CN(Cc3ccc(F)c(Cl)c3)CCO2)s1. The molecule has 11 heteroatoms. The Morgan fingerprint density at radius 3 is 3.11 bits per heavy atom. The van der Waals surface area contributed by atoms with E-state index in [1.165, 1.54) is 29.2 Å². The van der Waals surface area contributed by atoms with Crippen LogP contribution in [0.3, 0.4) is 0 Å². The number of carbonyl (C=O) groups excluding carboxylic acids is 1. The van der Waals surface area contributed by atoms with Crippen molar-refractivity contribution in [2.24, 2.45) is 0 Å². The van der Waals surface area contributed by atoms with Gasteiger partial charge in [0.05, 0.1) is 23.5 Å². The molecule has 1 saturated heterocycles. The van der Waals surface area contributed by atoms with Crippen molar-refractivity contribution in [1.29, 1.82) is 0 Å². The lowest BCUT2D eigenvalue weighted by Gasteiger charge is -2.33. The second-order valence-electron chi connectivity index (χ2n) is 5.98. The van der Waals surface area contributed by atoms with Crippen molar-refractivity contribution >= 4 is 45.7 Å². The summed E-state index contributed by atoms with van der Waals surface area (Å²) < 4.78 is 19.7. The Bertz CT molecular complexity index is 794. The van der Waals surface area contributed by atoms with Crippen LogP contribution in [0.1, 0.15) is 5.56 Å². The van der Waals surface area contributed by atoms with E-state index >= 15 is 0 Å². The molecule has 1 atom stereocenters. The largest absolute Gasteiger partial charge is 0.374 e. The summed E-state index contributed by atoms with van der Waals surface area (Å²) in [5.41, 5.74) is 6.45. The summed E-state index contributed by atoms with van der Waals surface area (Å²) in [7, 11) is 0. The van der Waals surface area contributed by atoms with Gasteiger partial charge in [-0.25, -0.2) is 4.39 Å². The van der Waals surface area contributed by atoms with Crippen molar-refractivity contribution in [3.8, 4) is 0 Å². The topological polar surface area (TPSA) is 93.4 Å². The van der Waals surface area contributed by atoms with Gasteiger partial charge in [0.2, 0.25) is 11.0 Å². The zero-order valence-electron chi connectivity index (χ0n) is 14.4. The lowest BCUT2D eigenvalue weighted by Crippen LogP contribution is -2.47. The van der Waals surface area contributed by atoms with Crippen LogP contribution in [0.4, 0.5) is 9.52 Å². The molecular weight excluding hydrogens is 413 g/mol. The summed E-state index contributed by atoms with van der Waals surface area (Å²) in [6.45, 7) is 3.11. The third-order valence-electron chi connectivity index (χ3n) is 3.89. The van der Waals surface area contributed by atoms with Gasteiger partial charge in [-0.2, -0.15) is 0 Å². The number of nitrogens with one attached hydrogen (secondary N) is 1. The number of amides is 1. The molecule has 0 saturated carbocycles. The number of rotatable bonds is 7. The van der Waals surface area contributed by atoms with Crippen molar-refractivity contribution in [2.45, 2.75) is 17.0 Å². The van der Waals surface area contributed by atoms with Gasteiger partial charge in [0, 0.05) is 26.2 Å². The van der Waals surface area contributed by atoms with E-state index in [4.69, 9.17) is 22.1 Å². The van der Waals surface area contributed by atoms with E-state index in [2.05, 4.69) is 20.4 Å². The highest BCUT2D eigenvalue weighted by Crippen LogP contribution is 2.23. The molecule has 0 unspecified atom stereocenters. The average molecular weight is 432 g/mol. The summed E-state index contributed by atoms with van der Waals surface area (Å²) in [5, 5.41) is 11.0. The molecule has 7 nitrogen and oxygen atoms in total. The van der Waals surface area contributed by atoms with E-state index in [-0.39, 0.29) is 22.8 Å². The molecule has 3 N–H and O–H groups in total. The first-order valence-corrected chi connectivity index (χ1v) is 10.4. The van der Waals surface area contributed by atoms with E-state index in [1.54, 1.807) is 12.1 Å². The first-order valence-electron chi connectivity index (χ1n) is 8.26. The van der Waals surface area contributed by atoms with Crippen LogP contribution in [0.25, 0.3) is 0 Å². The van der Waals surface area contributed by atoms with Crippen LogP contribution in [0.15, 0.2) is 22.5 Å². The normalized spacial score (nSPS) is 17.8. The first kappa shape index (κ1) is 20.3. The summed E-state index contributed by atoms with van der Waals surface area (Å²) >= 11 is 8.39. The predicted molar refractivity (Wildman–Crippen MR) is 104 cm³/mol. The van der Waals surface area contributed by atoms with E-state index in [0.29, 0.717) is 35.7 Å². The molecule has 1 amide bonds. The Labute approximate surface area is 169 Å². The molecular formula is C16H19ClFN5O2S2. The van der Waals surface area contributed by atoms with Crippen LogP contribution in [0, 0.1) is 5.82 Å². The zero-order chi connectivity index (χ0) is 19.2. The summed E-state index contributed by atoms with van der Waals surface area (Å²) in [4.78, 5) is 14.2. The smallest absolute Gasteiger partial charge is 0.230 e. The van der Waals surface area contributed by atoms with E-state index in [0.717, 1.165) is 12.1 Å². The fourth-order valence-corrected chi connectivity index (χ4v) is 4.30. The molecule has 0 radical (unpaired) electrons. The number of nitrogen functional groups attached to an aromatic ring is 1. The molecule has 2 heterocycles. The quantitative estimate of drug-likeness (QED) is 0.648. The van der Waals surface area contributed by atoms with Gasteiger partial charge in [-0.1, -0.05) is 40.8 Å². The van der Waals surface area contributed by atoms with E-state index < -0.39 is 5.82 Å². The number of anilines is 1. The van der Waals surface area contributed by atoms with Gasteiger partial charge in [0.1, 0.15) is 5.82 Å². The zero-order valence-corrected chi connectivity index (χ0v) is 16.7. The van der Waals surface area contributed by atoms with Gasteiger partial charge < -0.3 is 15.8 Å². The second-order valence-corrected chi connectivity index (χ2v) is 8.61. The van der Waals surface area contributed by atoms with Crippen LogP contribution in [-0.2, 0) is 16.1 Å². The Balaban J connectivity index is 1.41. The van der Waals surface area contributed by atoms with Crippen molar-refractivity contribution < 1.29 is 13.9 Å². The molecule has 3 rings (SSSR count). The maximum Gasteiger partial charge on any atom is 0.230 e. The Morgan fingerprint density at radius 2 is 2.37 bits per heavy atom. The molecule has 27 heavy (non-hydrogen) atoms. The highest BCUT2D eigenvalue weighted by molar-refractivity contribution is 8.01. The molecule has 0 spiro atoms. The van der Waals surface area contributed by atoms with Gasteiger partial charge in [0.25, 0.3) is 0 Å². The van der Waals surface area contributed by atoms with Gasteiger partial charge in [-0.3, -0.25) is 9.69 Å². The highest BCUT2D eigenvalue weighted by Gasteiger charge is 2.21. The Kier molecular flexibility index (Phi) is 7.25.